The van der Waals surface area contributed by atoms with E-state index in [2.05, 4.69) is 16.2 Å². The Hall–Kier alpha value is -1.49. The molecule has 0 saturated heterocycles. The molecule has 2 nitrogen and oxygen atoms in total. The van der Waals surface area contributed by atoms with Gasteiger partial charge < -0.3 is 0 Å². The van der Waals surface area contributed by atoms with Gasteiger partial charge >= 0.3 is 0 Å². The van der Waals surface area contributed by atoms with Crippen molar-refractivity contribution in [2.24, 2.45) is 0 Å². The fourth-order valence-electron chi connectivity index (χ4n) is 0.584. The smallest absolute Gasteiger partial charge is 0.100 e. The number of rotatable bonds is 2. The zero-order valence-electron chi connectivity index (χ0n) is 5.49. The Labute approximate surface area is 60.3 Å². The molecule has 0 atom stereocenters. The van der Waals surface area contributed by atoms with Crippen molar-refractivity contribution in [3.8, 4) is 12.3 Å². The largest absolute Gasteiger partial charge is 0.271 e. The Morgan fingerprint density at radius 3 is 3.20 bits per heavy atom. The summed E-state index contributed by atoms with van der Waals surface area (Å²) in [5, 5.41) is 4.03. The molecule has 0 aliphatic heterocycles. The van der Waals surface area contributed by atoms with Crippen molar-refractivity contribution in [2.45, 2.75) is 0 Å². The SMILES string of the molecule is C#CC[N]c1cccnc1. The molecular formula is C8H7N2. The van der Waals surface area contributed by atoms with E-state index in [-0.39, 0.29) is 0 Å². The maximum atomic E-state index is 5.01. The van der Waals surface area contributed by atoms with Gasteiger partial charge in [0.1, 0.15) is 6.54 Å². The van der Waals surface area contributed by atoms with E-state index in [0.717, 1.165) is 5.69 Å². The van der Waals surface area contributed by atoms with E-state index >= 15 is 0 Å². The maximum Gasteiger partial charge on any atom is 0.100 e. The fraction of sp³-hybridized carbons (Fsp3) is 0.125. The first kappa shape index (κ1) is 6.63. The van der Waals surface area contributed by atoms with Crippen LogP contribution in [0.1, 0.15) is 0 Å². The number of terminal acetylenes is 1. The van der Waals surface area contributed by atoms with Crippen LogP contribution in [0, 0.1) is 12.3 Å². The van der Waals surface area contributed by atoms with Gasteiger partial charge in [0.05, 0.1) is 11.9 Å². The maximum absolute atomic E-state index is 5.01. The molecule has 2 heteroatoms. The van der Waals surface area contributed by atoms with Gasteiger partial charge in [-0.1, -0.05) is 5.92 Å². The highest BCUT2D eigenvalue weighted by atomic mass is 14.9. The Morgan fingerprint density at radius 2 is 2.60 bits per heavy atom. The van der Waals surface area contributed by atoms with Crippen molar-refractivity contribution < 1.29 is 0 Å². The van der Waals surface area contributed by atoms with Crippen LogP contribution in [0.25, 0.3) is 0 Å². The highest BCUT2D eigenvalue weighted by Crippen LogP contribution is 2.00. The van der Waals surface area contributed by atoms with Crippen LogP contribution in [0.5, 0.6) is 0 Å². The molecule has 0 aliphatic carbocycles. The van der Waals surface area contributed by atoms with Crippen LogP contribution in [0.3, 0.4) is 0 Å². The standard InChI is InChI=1S/C8H7N2/c1-2-5-10-8-4-3-6-9-7-8/h1,3-4,6-7H,5H2. The lowest BCUT2D eigenvalue weighted by Crippen LogP contribution is -1.96. The van der Waals surface area contributed by atoms with Crippen LogP contribution >= 0.6 is 0 Å². The molecule has 1 heterocycles. The van der Waals surface area contributed by atoms with Crippen LogP contribution < -0.4 is 5.32 Å². The summed E-state index contributed by atoms with van der Waals surface area (Å²) in [7, 11) is 0. The quantitative estimate of drug-likeness (QED) is 0.549. The molecule has 0 saturated carbocycles. The summed E-state index contributed by atoms with van der Waals surface area (Å²) in [5.74, 6) is 2.42. The molecule has 1 rings (SSSR count). The predicted molar refractivity (Wildman–Crippen MR) is 39.7 cm³/mol. The first-order valence-corrected chi connectivity index (χ1v) is 2.94. The average molecular weight is 131 g/mol. The zero-order chi connectivity index (χ0) is 7.23. The summed E-state index contributed by atoms with van der Waals surface area (Å²) < 4.78 is 0. The first-order valence-electron chi connectivity index (χ1n) is 2.94. The third kappa shape index (κ3) is 1.79. The van der Waals surface area contributed by atoms with Crippen LogP contribution in [0.15, 0.2) is 24.5 Å². The fourth-order valence-corrected chi connectivity index (χ4v) is 0.584. The van der Waals surface area contributed by atoms with Gasteiger partial charge in [0.15, 0.2) is 0 Å². The topological polar surface area (TPSA) is 27.0 Å². The molecule has 0 amide bonds. The van der Waals surface area contributed by atoms with Gasteiger partial charge in [-0.15, -0.1) is 6.42 Å². The lowest BCUT2D eigenvalue weighted by Gasteiger charge is -1.94. The molecule has 1 aromatic rings. The average Bonchev–Trinajstić information content (AvgIpc) is 2.03. The number of nitrogens with zero attached hydrogens (tertiary/aromatic N) is 2. The summed E-state index contributed by atoms with van der Waals surface area (Å²) in [4.78, 5) is 3.88. The molecule has 0 bridgehead atoms. The minimum atomic E-state index is 0.422. The second kappa shape index (κ2) is 3.52. The van der Waals surface area contributed by atoms with E-state index < -0.39 is 0 Å². The third-order valence-corrected chi connectivity index (χ3v) is 0.999. The molecular weight excluding hydrogens is 124 g/mol. The monoisotopic (exact) mass is 131 g/mol. The second-order valence-electron chi connectivity index (χ2n) is 1.73. The molecule has 0 aliphatic rings. The third-order valence-electron chi connectivity index (χ3n) is 0.999. The van der Waals surface area contributed by atoms with Crippen LogP contribution in [-0.4, -0.2) is 11.5 Å². The molecule has 0 spiro atoms. The van der Waals surface area contributed by atoms with Crippen LogP contribution in [-0.2, 0) is 0 Å². The molecule has 0 aromatic carbocycles. The normalized spacial score (nSPS) is 8.30. The molecule has 1 radical (unpaired) electrons. The molecule has 0 fully saturated rings. The summed E-state index contributed by atoms with van der Waals surface area (Å²) in [6.07, 6.45) is 8.39. The zero-order valence-corrected chi connectivity index (χ0v) is 5.49. The van der Waals surface area contributed by atoms with E-state index in [1.54, 1.807) is 12.4 Å². The summed E-state index contributed by atoms with van der Waals surface area (Å²) >= 11 is 0. The van der Waals surface area contributed by atoms with Crippen molar-refractivity contribution in [3.63, 3.8) is 0 Å². The second-order valence-corrected chi connectivity index (χ2v) is 1.73. The lowest BCUT2D eigenvalue weighted by molar-refractivity contribution is 0.988. The van der Waals surface area contributed by atoms with Gasteiger partial charge in [-0.2, -0.15) is 0 Å². The minimum Gasteiger partial charge on any atom is -0.271 e. The Balaban J connectivity index is 2.52. The number of hydrogen-bond acceptors (Lipinski definition) is 1. The summed E-state index contributed by atoms with van der Waals surface area (Å²) in [6.45, 7) is 0.422. The van der Waals surface area contributed by atoms with E-state index in [4.69, 9.17) is 6.42 Å². The summed E-state index contributed by atoms with van der Waals surface area (Å²) in [6, 6.07) is 3.69. The Kier molecular flexibility index (Phi) is 2.33. The molecule has 10 heavy (non-hydrogen) atoms. The van der Waals surface area contributed by atoms with Gasteiger partial charge in [0.2, 0.25) is 0 Å². The molecule has 0 unspecified atom stereocenters. The van der Waals surface area contributed by atoms with Crippen LogP contribution in [0.2, 0.25) is 0 Å². The predicted octanol–water partition coefficient (Wildman–Crippen LogP) is 0.951. The lowest BCUT2D eigenvalue weighted by atomic mass is 10.4. The first-order chi connectivity index (χ1) is 4.93. The van der Waals surface area contributed by atoms with Crippen LogP contribution in [0.4, 0.5) is 5.69 Å². The minimum absolute atomic E-state index is 0.422. The van der Waals surface area contributed by atoms with Crippen molar-refractivity contribution in [2.75, 3.05) is 6.54 Å². The Bertz CT molecular complexity index is 223. The van der Waals surface area contributed by atoms with E-state index in [1.165, 1.54) is 0 Å². The van der Waals surface area contributed by atoms with Gasteiger partial charge in [0, 0.05) is 6.20 Å². The summed E-state index contributed by atoms with van der Waals surface area (Å²) in [5.41, 5.74) is 0.834. The highest BCUT2D eigenvalue weighted by Gasteiger charge is 1.86. The number of aromatic nitrogens is 1. The highest BCUT2D eigenvalue weighted by molar-refractivity contribution is 5.31. The van der Waals surface area contributed by atoms with Crippen molar-refractivity contribution >= 4 is 5.69 Å². The molecule has 49 valence electrons. The van der Waals surface area contributed by atoms with Gasteiger partial charge in [-0.05, 0) is 12.1 Å². The van der Waals surface area contributed by atoms with Gasteiger partial charge in [0.25, 0.3) is 0 Å². The van der Waals surface area contributed by atoms with Crippen molar-refractivity contribution in [1.82, 2.24) is 10.3 Å². The molecule has 0 N–H and O–H groups in total. The van der Waals surface area contributed by atoms with E-state index in [1.807, 2.05) is 12.1 Å². The van der Waals surface area contributed by atoms with E-state index in [9.17, 15) is 0 Å². The van der Waals surface area contributed by atoms with Gasteiger partial charge in [-0.3, -0.25) is 10.3 Å². The molecule has 1 aromatic heterocycles. The van der Waals surface area contributed by atoms with E-state index in [0.29, 0.717) is 6.54 Å². The van der Waals surface area contributed by atoms with Crippen molar-refractivity contribution in [1.29, 1.82) is 0 Å². The number of hydrogen-bond donors (Lipinski definition) is 0. The van der Waals surface area contributed by atoms with Crippen molar-refractivity contribution in [3.05, 3.63) is 24.5 Å². The number of pyridine rings is 1. The van der Waals surface area contributed by atoms with Gasteiger partial charge in [-0.25, -0.2) is 0 Å². The Morgan fingerprint density at radius 1 is 1.70 bits per heavy atom.